The molecule has 0 spiro atoms. The van der Waals surface area contributed by atoms with Crippen LogP contribution in [-0.4, -0.2) is 18.4 Å². The number of carbonyl (C=O) groups is 2. The van der Waals surface area contributed by atoms with Crippen LogP contribution in [0.1, 0.15) is 45.1 Å². The Morgan fingerprint density at radius 1 is 0.800 bits per heavy atom. The molecule has 30 heavy (non-hydrogen) atoms. The van der Waals surface area contributed by atoms with E-state index in [4.69, 9.17) is 9.47 Å². The van der Waals surface area contributed by atoms with Gasteiger partial charge < -0.3 is 9.47 Å². The first-order valence-corrected chi connectivity index (χ1v) is 9.99. The highest BCUT2D eigenvalue weighted by molar-refractivity contribution is 6.01. The van der Waals surface area contributed by atoms with E-state index in [9.17, 15) is 9.59 Å². The Labute approximate surface area is 177 Å². The fourth-order valence-corrected chi connectivity index (χ4v) is 3.03. The predicted molar refractivity (Wildman–Crippen MR) is 117 cm³/mol. The number of ether oxygens (including phenoxy) is 2. The zero-order valence-corrected chi connectivity index (χ0v) is 17.6. The standard InChI is InChI=1S/C26H26O4/c1-18-7-11-21(12-8-18)25(28)26(22-13-9-19(2)10-14-22)30-24(27)15-16-29-23-6-4-5-20(3)17-23/h4-14,17,26H,15-16H2,1-3H3/t26-/m0/s1. The molecule has 0 amide bonds. The highest BCUT2D eigenvalue weighted by atomic mass is 16.5. The average molecular weight is 402 g/mol. The minimum Gasteiger partial charge on any atom is -0.493 e. The molecule has 4 heteroatoms. The Balaban J connectivity index is 1.70. The Kier molecular flexibility index (Phi) is 7.02. The van der Waals surface area contributed by atoms with E-state index in [0.29, 0.717) is 16.9 Å². The van der Waals surface area contributed by atoms with Gasteiger partial charge in [0.05, 0.1) is 13.0 Å². The summed E-state index contributed by atoms with van der Waals surface area (Å²) in [6, 6.07) is 22.3. The van der Waals surface area contributed by atoms with Crippen LogP contribution in [0.4, 0.5) is 0 Å². The van der Waals surface area contributed by atoms with E-state index in [1.54, 1.807) is 12.1 Å². The van der Waals surface area contributed by atoms with Crippen LogP contribution in [0.25, 0.3) is 0 Å². The maximum absolute atomic E-state index is 13.1. The fraction of sp³-hybridized carbons (Fsp3) is 0.231. The number of aryl methyl sites for hydroxylation is 3. The first-order valence-electron chi connectivity index (χ1n) is 9.99. The lowest BCUT2D eigenvalue weighted by Crippen LogP contribution is -2.21. The van der Waals surface area contributed by atoms with Crippen LogP contribution < -0.4 is 4.74 Å². The number of benzene rings is 3. The summed E-state index contributed by atoms with van der Waals surface area (Å²) >= 11 is 0. The van der Waals surface area contributed by atoms with Gasteiger partial charge in [-0.15, -0.1) is 0 Å². The molecule has 1 atom stereocenters. The maximum Gasteiger partial charge on any atom is 0.310 e. The summed E-state index contributed by atoms with van der Waals surface area (Å²) in [7, 11) is 0. The van der Waals surface area contributed by atoms with Crippen molar-refractivity contribution >= 4 is 11.8 Å². The van der Waals surface area contributed by atoms with Crippen LogP contribution in [0.5, 0.6) is 5.75 Å². The first kappa shape index (κ1) is 21.3. The zero-order valence-electron chi connectivity index (χ0n) is 17.6. The van der Waals surface area contributed by atoms with E-state index in [0.717, 1.165) is 16.7 Å². The Morgan fingerprint density at radius 3 is 2.07 bits per heavy atom. The topological polar surface area (TPSA) is 52.6 Å². The van der Waals surface area contributed by atoms with Crippen molar-refractivity contribution in [3.05, 3.63) is 101 Å². The molecule has 0 saturated heterocycles. The zero-order chi connectivity index (χ0) is 21.5. The van der Waals surface area contributed by atoms with E-state index < -0.39 is 12.1 Å². The van der Waals surface area contributed by atoms with Crippen molar-refractivity contribution in [3.8, 4) is 5.75 Å². The molecular formula is C26H26O4. The van der Waals surface area contributed by atoms with Crippen LogP contribution in [0.2, 0.25) is 0 Å². The van der Waals surface area contributed by atoms with E-state index in [-0.39, 0.29) is 18.8 Å². The van der Waals surface area contributed by atoms with Gasteiger partial charge in [0.1, 0.15) is 5.75 Å². The van der Waals surface area contributed by atoms with Gasteiger partial charge in [0.2, 0.25) is 5.78 Å². The quantitative estimate of drug-likeness (QED) is 0.366. The average Bonchev–Trinajstić information content (AvgIpc) is 2.73. The van der Waals surface area contributed by atoms with Crippen molar-refractivity contribution in [1.82, 2.24) is 0 Å². The van der Waals surface area contributed by atoms with Gasteiger partial charge in [-0.2, -0.15) is 0 Å². The van der Waals surface area contributed by atoms with E-state index in [1.807, 2.05) is 81.4 Å². The van der Waals surface area contributed by atoms with Gasteiger partial charge in [0.15, 0.2) is 6.10 Å². The number of hydrogen-bond donors (Lipinski definition) is 0. The molecule has 0 fully saturated rings. The van der Waals surface area contributed by atoms with Gasteiger partial charge in [0.25, 0.3) is 0 Å². The van der Waals surface area contributed by atoms with Crippen LogP contribution in [0.15, 0.2) is 72.8 Å². The summed E-state index contributed by atoms with van der Waals surface area (Å²) in [5, 5.41) is 0. The van der Waals surface area contributed by atoms with Crippen LogP contribution in [0, 0.1) is 20.8 Å². The lowest BCUT2D eigenvalue weighted by atomic mass is 9.98. The number of ketones is 1. The van der Waals surface area contributed by atoms with Gasteiger partial charge >= 0.3 is 5.97 Å². The third-order valence-electron chi connectivity index (χ3n) is 4.77. The highest BCUT2D eigenvalue weighted by Gasteiger charge is 2.26. The van der Waals surface area contributed by atoms with Crippen molar-refractivity contribution in [2.45, 2.75) is 33.3 Å². The van der Waals surface area contributed by atoms with Gasteiger partial charge in [-0.3, -0.25) is 9.59 Å². The molecule has 0 aliphatic carbocycles. The molecule has 154 valence electrons. The predicted octanol–water partition coefficient (Wildman–Crippen LogP) is 5.55. The van der Waals surface area contributed by atoms with Crippen molar-refractivity contribution in [2.75, 3.05) is 6.61 Å². The minimum atomic E-state index is -0.986. The summed E-state index contributed by atoms with van der Waals surface area (Å²) < 4.78 is 11.2. The summed E-state index contributed by atoms with van der Waals surface area (Å²) in [4.78, 5) is 25.6. The molecule has 4 nitrogen and oxygen atoms in total. The van der Waals surface area contributed by atoms with E-state index >= 15 is 0 Å². The van der Waals surface area contributed by atoms with Crippen molar-refractivity contribution in [2.24, 2.45) is 0 Å². The second-order valence-corrected chi connectivity index (χ2v) is 7.43. The Bertz CT molecular complexity index is 1000. The molecule has 0 N–H and O–H groups in total. The molecular weight excluding hydrogens is 376 g/mol. The Hall–Kier alpha value is -3.40. The highest BCUT2D eigenvalue weighted by Crippen LogP contribution is 2.24. The molecule has 3 rings (SSSR count). The summed E-state index contributed by atoms with van der Waals surface area (Å²) in [6.07, 6.45) is -0.933. The number of hydrogen-bond acceptors (Lipinski definition) is 4. The third kappa shape index (κ3) is 5.80. The summed E-state index contributed by atoms with van der Waals surface area (Å²) in [6.45, 7) is 6.08. The third-order valence-corrected chi connectivity index (χ3v) is 4.77. The van der Waals surface area contributed by atoms with Crippen molar-refractivity contribution < 1.29 is 19.1 Å². The van der Waals surface area contributed by atoms with Crippen LogP contribution in [-0.2, 0) is 9.53 Å². The smallest absolute Gasteiger partial charge is 0.310 e. The SMILES string of the molecule is Cc1ccc(C(=O)[C@@H](OC(=O)CCOc2cccc(C)c2)c2ccc(C)cc2)cc1. The largest absolute Gasteiger partial charge is 0.493 e. The molecule has 0 aliphatic rings. The Morgan fingerprint density at radius 2 is 1.43 bits per heavy atom. The second kappa shape index (κ2) is 9.88. The molecule has 0 unspecified atom stereocenters. The molecule has 0 aliphatic heterocycles. The lowest BCUT2D eigenvalue weighted by molar-refractivity contribution is -0.147. The van der Waals surface area contributed by atoms with Gasteiger partial charge in [-0.1, -0.05) is 71.8 Å². The van der Waals surface area contributed by atoms with Gasteiger partial charge in [-0.05, 0) is 38.5 Å². The molecule has 0 heterocycles. The normalized spacial score (nSPS) is 11.6. The number of esters is 1. The van der Waals surface area contributed by atoms with E-state index in [2.05, 4.69) is 0 Å². The van der Waals surface area contributed by atoms with Gasteiger partial charge in [0, 0.05) is 11.1 Å². The van der Waals surface area contributed by atoms with Crippen LogP contribution in [0.3, 0.4) is 0 Å². The lowest BCUT2D eigenvalue weighted by Gasteiger charge is -2.18. The molecule has 3 aromatic rings. The number of Topliss-reactive ketones (excluding diaryl/α,β-unsaturated/α-hetero) is 1. The minimum absolute atomic E-state index is 0.0531. The van der Waals surface area contributed by atoms with Crippen molar-refractivity contribution in [3.63, 3.8) is 0 Å². The molecule has 0 saturated carbocycles. The summed E-state index contributed by atoms with van der Waals surface area (Å²) in [5.41, 5.74) is 4.37. The number of carbonyl (C=O) groups excluding carboxylic acids is 2. The van der Waals surface area contributed by atoms with Crippen molar-refractivity contribution in [1.29, 1.82) is 0 Å². The molecule has 3 aromatic carbocycles. The molecule has 0 bridgehead atoms. The second-order valence-electron chi connectivity index (χ2n) is 7.43. The number of rotatable bonds is 8. The van der Waals surface area contributed by atoms with Gasteiger partial charge in [-0.25, -0.2) is 0 Å². The summed E-state index contributed by atoms with van der Waals surface area (Å²) in [5.74, 6) is -0.0193. The van der Waals surface area contributed by atoms with E-state index in [1.165, 1.54) is 0 Å². The molecule has 0 radical (unpaired) electrons. The monoisotopic (exact) mass is 402 g/mol. The maximum atomic E-state index is 13.1. The van der Waals surface area contributed by atoms with Crippen LogP contribution >= 0.6 is 0 Å². The first-order chi connectivity index (χ1) is 14.4. The fourth-order valence-electron chi connectivity index (χ4n) is 3.03. The molecule has 0 aromatic heterocycles.